The third-order valence-electron chi connectivity index (χ3n) is 3.59. The summed E-state index contributed by atoms with van der Waals surface area (Å²) in [4.78, 5) is 34.2. The molecule has 0 aromatic heterocycles. The van der Waals surface area contributed by atoms with Gasteiger partial charge in [0.1, 0.15) is 12.0 Å². The highest BCUT2D eigenvalue weighted by Crippen LogP contribution is 2.23. The minimum atomic E-state index is -0.656. The van der Waals surface area contributed by atoms with Gasteiger partial charge < -0.3 is 14.8 Å². The van der Waals surface area contributed by atoms with Gasteiger partial charge in [0.05, 0.1) is 0 Å². The van der Waals surface area contributed by atoms with E-state index < -0.39 is 18.5 Å². The van der Waals surface area contributed by atoms with Gasteiger partial charge in [0.15, 0.2) is 13.2 Å². The highest BCUT2D eigenvalue weighted by Gasteiger charge is 2.12. The minimum Gasteiger partial charge on any atom is -0.482 e. The number of para-hydroxylation sites is 1. The molecule has 0 fully saturated rings. The molecule has 1 N–H and O–H groups in total. The van der Waals surface area contributed by atoms with Crippen molar-refractivity contribution in [2.24, 2.45) is 0 Å². The lowest BCUT2D eigenvalue weighted by atomic mass is 10.0. The van der Waals surface area contributed by atoms with E-state index in [0.717, 1.165) is 5.56 Å². The number of hydrogen-bond donors (Lipinski definition) is 1. The topological polar surface area (TPSA) is 81.7 Å². The molecule has 6 heteroatoms. The van der Waals surface area contributed by atoms with Crippen molar-refractivity contribution in [3.63, 3.8) is 0 Å². The van der Waals surface area contributed by atoms with Crippen molar-refractivity contribution in [2.45, 2.75) is 19.8 Å². The van der Waals surface area contributed by atoms with Crippen molar-refractivity contribution < 1.29 is 23.9 Å². The Morgan fingerprint density at radius 1 is 1.04 bits per heavy atom. The first-order chi connectivity index (χ1) is 12.5. The fourth-order valence-corrected chi connectivity index (χ4v) is 2.27. The number of esters is 1. The largest absolute Gasteiger partial charge is 0.482 e. The molecular formula is C20H21NO5. The van der Waals surface area contributed by atoms with Crippen molar-refractivity contribution in [3.05, 3.63) is 59.7 Å². The van der Waals surface area contributed by atoms with E-state index in [1.807, 2.05) is 32.0 Å². The summed E-state index contributed by atoms with van der Waals surface area (Å²) in [6, 6.07) is 13.8. The number of rotatable bonds is 8. The predicted octanol–water partition coefficient (Wildman–Crippen LogP) is 3.18. The number of hydrogen-bond acceptors (Lipinski definition) is 5. The summed E-state index contributed by atoms with van der Waals surface area (Å²) < 4.78 is 10.2. The van der Waals surface area contributed by atoms with Gasteiger partial charge in [-0.05, 0) is 41.8 Å². The van der Waals surface area contributed by atoms with E-state index in [2.05, 4.69) is 5.32 Å². The Hall–Kier alpha value is -3.15. The number of anilines is 1. The van der Waals surface area contributed by atoms with Gasteiger partial charge in [-0.1, -0.05) is 32.0 Å². The first-order valence-corrected chi connectivity index (χ1v) is 8.22. The summed E-state index contributed by atoms with van der Waals surface area (Å²) >= 11 is 0. The maximum absolute atomic E-state index is 12.0. The average molecular weight is 355 g/mol. The molecular weight excluding hydrogens is 334 g/mol. The van der Waals surface area contributed by atoms with Gasteiger partial charge in [-0.25, -0.2) is 4.79 Å². The normalized spacial score (nSPS) is 10.3. The summed E-state index contributed by atoms with van der Waals surface area (Å²) in [6.07, 6.45) is 0.716. The molecule has 0 saturated heterocycles. The number of carbonyl (C=O) groups is 3. The molecule has 2 aromatic carbocycles. The molecule has 26 heavy (non-hydrogen) atoms. The molecule has 0 spiro atoms. The molecule has 0 aliphatic carbocycles. The standard InChI is InChI=1S/C20H21NO5/c1-14(2)17-5-3-4-6-18(17)21-19(23)12-26-20(24)13-25-16-9-7-15(11-22)8-10-16/h3-11,14H,12-13H2,1-2H3,(H,21,23). The molecule has 0 aliphatic heterocycles. The van der Waals surface area contributed by atoms with Crippen LogP contribution in [0.2, 0.25) is 0 Å². The molecule has 6 nitrogen and oxygen atoms in total. The summed E-state index contributed by atoms with van der Waals surface area (Å²) in [5.41, 5.74) is 2.22. The smallest absolute Gasteiger partial charge is 0.344 e. The molecule has 0 saturated carbocycles. The number of amides is 1. The minimum absolute atomic E-state index is 0.257. The lowest BCUT2D eigenvalue weighted by Gasteiger charge is -2.13. The van der Waals surface area contributed by atoms with E-state index in [1.165, 1.54) is 0 Å². The zero-order valence-electron chi connectivity index (χ0n) is 14.7. The van der Waals surface area contributed by atoms with Crippen LogP contribution in [0, 0.1) is 0 Å². The molecule has 136 valence electrons. The molecule has 0 aliphatic rings. The molecule has 0 heterocycles. The second-order valence-corrected chi connectivity index (χ2v) is 5.93. The lowest BCUT2D eigenvalue weighted by Crippen LogP contribution is -2.24. The fourth-order valence-electron chi connectivity index (χ4n) is 2.27. The first-order valence-electron chi connectivity index (χ1n) is 8.22. The van der Waals surface area contributed by atoms with Crippen LogP contribution >= 0.6 is 0 Å². The van der Waals surface area contributed by atoms with E-state index in [0.29, 0.717) is 23.3 Å². The van der Waals surface area contributed by atoms with E-state index in [1.54, 1.807) is 30.3 Å². The monoisotopic (exact) mass is 355 g/mol. The van der Waals surface area contributed by atoms with Crippen molar-refractivity contribution in [1.82, 2.24) is 0 Å². The van der Waals surface area contributed by atoms with Crippen LogP contribution in [-0.4, -0.2) is 31.4 Å². The average Bonchev–Trinajstić information content (AvgIpc) is 2.65. The van der Waals surface area contributed by atoms with Gasteiger partial charge in [0, 0.05) is 11.3 Å². The van der Waals surface area contributed by atoms with E-state index in [4.69, 9.17) is 9.47 Å². The van der Waals surface area contributed by atoms with Gasteiger partial charge in [-0.15, -0.1) is 0 Å². The molecule has 0 bridgehead atoms. The van der Waals surface area contributed by atoms with Crippen LogP contribution in [0.15, 0.2) is 48.5 Å². The summed E-state index contributed by atoms with van der Waals surface area (Å²) in [6.45, 7) is 3.35. The Morgan fingerprint density at radius 2 is 1.73 bits per heavy atom. The van der Waals surface area contributed by atoms with Gasteiger partial charge >= 0.3 is 5.97 Å². The zero-order valence-corrected chi connectivity index (χ0v) is 14.7. The molecule has 1 amide bonds. The highest BCUT2D eigenvalue weighted by molar-refractivity contribution is 5.93. The predicted molar refractivity (Wildman–Crippen MR) is 97.4 cm³/mol. The zero-order chi connectivity index (χ0) is 18.9. The van der Waals surface area contributed by atoms with Crippen LogP contribution in [0.4, 0.5) is 5.69 Å². The highest BCUT2D eigenvalue weighted by atomic mass is 16.6. The Morgan fingerprint density at radius 3 is 2.38 bits per heavy atom. The summed E-state index contributed by atoms with van der Waals surface area (Å²) in [7, 11) is 0. The maximum Gasteiger partial charge on any atom is 0.344 e. The van der Waals surface area contributed by atoms with Crippen molar-refractivity contribution in [3.8, 4) is 5.75 Å². The Bertz CT molecular complexity index is 768. The van der Waals surface area contributed by atoms with Gasteiger partial charge in [0.2, 0.25) is 0 Å². The van der Waals surface area contributed by atoms with Crippen LogP contribution in [-0.2, 0) is 14.3 Å². The number of nitrogens with one attached hydrogen (secondary N) is 1. The number of carbonyl (C=O) groups excluding carboxylic acids is 3. The first kappa shape index (κ1) is 19.2. The summed E-state index contributed by atoms with van der Waals surface area (Å²) in [5.74, 6) is -0.380. The second-order valence-electron chi connectivity index (χ2n) is 5.93. The van der Waals surface area contributed by atoms with Crippen LogP contribution < -0.4 is 10.1 Å². The SMILES string of the molecule is CC(C)c1ccccc1NC(=O)COC(=O)COc1ccc(C=O)cc1. The van der Waals surface area contributed by atoms with E-state index in [-0.39, 0.29) is 12.5 Å². The van der Waals surface area contributed by atoms with Crippen molar-refractivity contribution >= 4 is 23.9 Å². The van der Waals surface area contributed by atoms with Crippen LogP contribution in [0.1, 0.15) is 35.7 Å². The third kappa shape index (κ3) is 5.73. The Balaban J connectivity index is 1.78. The van der Waals surface area contributed by atoms with Gasteiger partial charge in [-0.2, -0.15) is 0 Å². The molecule has 2 rings (SSSR count). The van der Waals surface area contributed by atoms with E-state index >= 15 is 0 Å². The third-order valence-corrected chi connectivity index (χ3v) is 3.59. The number of ether oxygens (including phenoxy) is 2. The van der Waals surface area contributed by atoms with Gasteiger partial charge in [0.25, 0.3) is 5.91 Å². The van der Waals surface area contributed by atoms with Crippen molar-refractivity contribution in [2.75, 3.05) is 18.5 Å². The quantitative estimate of drug-likeness (QED) is 0.581. The molecule has 0 radical (unpaired) electrons. The Labute approximate surface area is 152 Å². The molecule has 2 aromatic rings. The van der Waals surface area contributed by atoms with Crippen molar-refractivity contribution in [1.29, 1.82) is 0 Å². The lowest BCUT2D eigenvalue weighted by molar-refractivity contribution is -0.149. The fraction of sp³-hybridized carbons (Fsp3) is 0.250. The second kappa shape index (κ2) is 9.36. The van der Waals surface area contributed by atoms with Gasteiger partial charge in [-0.3, -0.25) is 9.59 Å². The summed E-state index contributed by atoms with van der Waals surface area (Å²) in [5, 5.41) is 2.74. The van der Waals surface area contributed by atoms with E-state index in [9.17, 15) is 14.4 Å². The number of benzene rings is 2. The van der Waals surface area contributed by atoms with Crippen LogP contribution in [0.25, 0.3) is 0 Å². The molecule has 0 unspecified atom stereocenters. The molecule has 0 atom stereocenters. The van der Waals surface area contributed by atoms with Crippen LogP contribution in [0.3, 0.4) is 0 Å². The van der Waals surface area contributed by atoms with Crippen LogP contribution in [0.5, 0.6) is 5.75 Å². The number of aldehydes is 1. The Kier molecular flexibility index (Phi) is 6.91. The maximum atomic E-state index is 12.0.